The molecule has 1 fully saturated rings. The molecule has 0 spiro atoms. The van der Waals surface area contributed by atoms with E-state index in [9.17, 15) is 14.4 Å². The second-order valence-corrected chi connectivity index (χ2v) is 4.43. The Bertz CT molecular complexity index is 555. The molecule has 1 aliphatic heterocycles. The monoisotopic (exact) mass is 277 g/mol. The highest BCUT2D eigenvalue weighted by Gasteiger charge is 2.28. The van der Waals surface area contributed by atoms with Crippen LogP contribution in [-0.4, -0.2) is 42.4 Å². The summed E-state index contributed by atoms with van der Waals surface area (Å²) in [5.74, 6) is -1.48. The molecule has 0 radical (unpaired) electrons. The van der Waals surface area contributed by atoms with Gasteiger partial charge in [-0.05, 0) is 24.6 Å². The zero-order valence-corrected chi connectivity index (χ0v) is 11.0. The van der Waals surface area contributed by atoms with Crippen LogP contribution in [0.25, 0.3) is 0 Å². The van der Waals surface area contributed by atoms with Gasteiger partial charge in [-0.25, -0.2) is 0 Å². The summed E-state index contributed by atoms with van der Waals surface area (Å²) < 4.78 is 4.77. The topological polar surface area (TPSA) is 102 Å². The van der Waals surface area contributed by atoms with Crippen LogP contribution in [0.3, 0.4) is 0 Å². The maximum Gasteiger partial charge on any atom is 0.255 e. The van der Waals surface area contributed by atoms with Gasteiger partial charge < -0.3 is 15.8 Å². The van der Waals surface area contributed by atoms with Crippen molar-refractivity contribution >= 4 is 29.1 Å². The van der Waals surface area contributed by atoms with Gasteiger partial charge in [0, 0.05) is 11.4 Å². The van der Waals surface area contributed by atoms with Crippen LogP contribution < -0.4 is 11.1 Å². The van der Waals surface area contributed by atoms with Crippen LogP contribution in [0.2, 0.25) is 0 Å². The van der Waals surface area contributed by atoms with Gasteiger partial charge in [0.15, 0.2) is 0 Å². The van der Waals surface area contributed by atoms with Crippen LogP contribution >= 0.6 is 0 Å². The van der Waals surface area contributed by atoms with Crippen LogP contribution in [0.15, 0.2) is 18.2 Å². The Morgan fingerprint density at radius 1 is 1.35 bits per heavy atom. The van der Waals surface area contributed by atoms with E-state index in [4.69, 9.17) is 10.5 Å². The number of carbonyl (C=O) groups excluding carboxylic acids is 3. The van der Waals surface area contributed by atoms with Gasteiger partial charge in [-0.1, -0.05) is 6.07 Å². The molecule has 1 aromatic rings. The summed E-state index contributed by atoms with van der Waals surface area (Å²) in [6.07, 6.45) is 0. The molecular weight excluding hydrogens is 262 g/mol. The number of hydrogen-bond acceptors (Lipinski definition) is 5. The molecule has 0 unspecified atom stereocenters. The number of rotatable bonds is 3. The Kier molecular flexibility index (Phi) is 3.99. The van der Waals surface area contributed by atoms with Crippen molar-refractivity contribution in [2.75, 3.05) is 30.8 Å². The van der Waals surface area contributed by atoms with Gasteiger partial charge >= 0.3 is 0 Å². The molecule has 1 aromatic carbocycles. The van der Waals surface area contributed by atoms with Crippen LogP contribution in [0.5, 0.6) is 0 Å². The highest BCUT2D eigenvalue weighted by atomic mass is 16.5. The van der Waals surface area contributed by atoms with E-state index in [1.54, 1.807) is 25.1 Å². The van der Waals surface area contributed by atoms with E-state index in [1.807, 2.05) is 0 Å². The van der Waals surface area contributed by atoms with Crippen molar-refractivity contribution in [1.82, 2.24) is 4.90 Å². The van der Waals surface area contributed by atoms with Crippen LogP contribution in [0, 0.1) is 6.92 Å². The molecule has 0 aromatic heterocycles. The third-order valence-electron chi connectivity index (χ3n) is 3.00. The number of nitrogens with zero attached hydrogens (tertiary/aromatic N) is 1. The molecule has 0 atom stereocenters. The summed E-state index contributed by atoms with van der Waals surface area (Å²) >= 11 is 0. The average Bonchev–Trinajstić information content (AvgIpc) is 2.39. The molecule has 3 amide bonds. The van der Waals surface area contributed by atoms with Crippen molar-refractivity contribution in [2.45, 2.75) is 6.92 Å². The SMILES string of the molecule is Cc1c(N)cccc1NC(=O)CN1C(=O)COCC1=O. The quantitative estimate of drug-likeness (QED) is 0.593. The number of anilines is 2. The zero-order chi connectivity index (χ0) is 14.7. The lowest BCUT2D eigenvalue weighted by Gasteiger charge is -2.24. The van der Waals surface area contributed by atoms with E-state index >= 15 is 0 Å². The normalized spacial score (nSPS) is 15.3. The summed E-state index contributed by atoms with van der Waals surface area (Å²) in [7, 11) is 0. The molecule has 3 N–H and O–H groups in total. The van der Waals surface area contributed by atoms with Crippen molar-refractivity contribution in [3.8, 4) is 0 Å². The zero-order valence-electron chi connectivity index (χ0n) is 11.0. The smallest absolute Gasteiger partial charge is 0.255 e. The molecule has 2 rings (SSSR count). The lowest BCUT2D eigenvalue weighted by Crippen LogP contribution is -2.49. The van der Waals surface area contributed by atoms with Gasteiger partial charge in [-0.15, -0.1) is 0 Å². The van der Waals surface area contributed by atoms with E-state index in [-0.39, 0.29) is 19.8 Å². The molecule has 7 nitrogen and oxygen atoms in total. The minimum absolute atomic E-state index is 0.184. The minimum atomic E-state index is -0.513. The van der Waals surface area contributed by atoms with E-state index < -0.39 is 17.7 Å². The number of carbonyl (C=O) groups is 3. The molecule has 7 heteroatoms. The number of hydrogen-bond donors (Lipinski definition) is 2. The van der Waals surface area contributed by atoms with Gasteiger partial charge in [-0.2, -0.15) is 0 Å². The summed E-state index contributed by atoms with van der Waals surface area (Å²) in [5, 5.41) is 2.63. The number of amides is 3. The lowest BCUT2D eigenvalue weighted by atomic mass is 10.1. The molecule has 0 saturated carbocycles. The van der Waals surface area contributed by atoms with Crippen LogP contribution in [0.4, 0.5) is 11.4 Å². The van der Waals surface area contributed by atoms with Crippen LogP contribution in [0.1, 0.15) is 5.56 Å². The van der Waals surface area contributed by atoms with Gasteiger partial charge in [0.25, 0.3) is 11.8 Å². The Morgan fingerprint density at radius 2 is 2.00 bits per heavy atom. The first-order valence-corrected chi connectivity index (χ1v) is 6.05. The summed E-state index contributed by atoms with van der Waals surface area (Å²) in [4.78, 5) is 35.8. The Hall–Kier alpha value is -2.41. The summed E-state index contributed by atoms with van der Waals surface area (Å²) in [6.45, 7) is 1.08. The molecule has 0 bridgehead atoms. The first kappa shape index (κ1) is 14.0. The minimum Gasteiger partial charge on any atom is -0.398 e. The number of benzene rings is 1. The summed E-state index contributed by atoms with van der Waals surface area (Å²) in [6, 6.07) is 5.13. The first-order valence-electron chi connectivity index (χ1n) is 6.05. The molecule has 106 valence electrons. The average molecular weight is 277 g/mol. The molecule has 1 aliphatic rings. The van der Waals surface area contributed by atoms with E-state index in [0.29, 0.717) is 11.4 Å². The maximum atomic E-state index is 11.9. The van der Waals surface area contributed by atoms with Gasteiger partial charge in [-0.3, -0.25) is 19.3 Å². The molecule has 20 heavy (non-hydrogen) atoms. The Morgan fingerprint density at radius 3 is 2.65 bits per heavy atom. The van der Waals surface area contributed by atoms with Crippen molar-refractivity contribution in [2.24, 2.45) is 0 Å². The second-order valence-electron chi connectivity index (χ2n) is 4.43. The van der Waals surface area contributed by atoms with E-state index in [0.717, 1.165) is 10.5 Å². The standard InChI is InChI=1S/C13H15N3O4/c1-8-9(14)3-2-4-10(8)15-11(17)5-16-12(18)6-20-7-13(16)19/h2-4H,5-7,14H2,1H3,(H,15,17). The number of morpholine rings is 1. The fourth-order valence-electron chi connectivity index (χ4n) is 1.82. The van der Waals surface area contributed by atoms with E-state index in [1.165, 1.54) is 0 Å². The predicted octanol–water partition coefficient (Wildman–Crippen LogP) is -0.0989. The number of nitrogens with one attached hydrogen (secondary N) is 1. The van der Waals surface area contributed by atoms with E-state index in [2.05, 4.69) is 5.32 Å². The Labute approximate surface area is 115 Å². The van der Waals surface area contributed by atoms with Crippen molar-refractivity contribution < 1.29 is 19.1 Å². The number of ether oxygens (including phenoxy) is 1. The fourth-order valence-corrected chi connectivity index (χ4v) is 1.82. The van der Waals surface area contributed by atoms with Crippen LogP contribution in [-0.2, 0) is 19.1 Å². The van der Waals surface area contributed by atoms with Gasteiger partial charge in [0.1, 0.15) is 19.8 Å². The lowest BCUT2D eigenvalue weighted by molar-refractivity contribution is -0.159. The predicted molar refractivity (Wildman–Crippen MR) is 71.8 cm³/mol. The number of imide groups is 1. The largest absolute Gasteiger partial charge is 0.398 e. The fraction of sp³-hybridized carbons (Fsp3) is 0.308. The highest BCUT2D eigenvalue weighted by molar-refractivity contribution is 6.04. The number of nitrogen functional groups attached to an aromatic ring is 1. The van der Waals surface area contributed by atoms with Crippen molar-refractivity contribution in [3.05, 3.63) is 23.8 Å². The Balaban J connectivity index is 2.03. The second kappa shape index (κ2) is 5.70. The molecular formula is C13H15N3O4. The van der Waals surface area contributed by atoms with Gasteiger partial charge in [0.2, 0.25) is 5.91 Å². The number of nitrogens with two attached hydrogens (primary N) is 1. The molecule has 0 aliphatic carbocycles. The summed E-state index contributed by atoms with van der Waals surface area (Å²) in [5.41, 5.74) is 7.59. The molecule has 1 heterocycles. The maximum absolute atomic E-state index is 11.9. The highest BCUT2D eigenvalue weighted by Crippen LogP contribution is 2.20. The molecule has 1 saturated heterocycles. The van der Waals surface area contributed by atoms with Crippen molar-refractivity contribution in [1.29, 1.82) is 0 Å². The third-order valence-corrected chi connectivity index (χ3v) is 3.00. The third kappa shape index (κ3) is 2.94. The van der Waals surface area contributed by atoms with Gasteiger partial charge in [0.05, 0.1) is 0 Å². The van der Waals surface area contributed by atoms with Crippen molar-refractivity contribution in [3.63, 3.8) is 0 Å². The first-order chi connectivity index (χ1) is 9.49.